The third-order valence-corrected chi connectivity index (χ3v) is 2.17. The second kappa shape index (κ2) is 2.83. The summed E-state index contributed by atoms with van der Waals surface area (Å²) in [4.78, 5) is 22.5. The number of nitrogens with zero attached hydrogens (tertiary/aromatic N) is 1. The summed E-state index contributed by atoms with van der Waals surface area (Å²) in [5.41, 5.74) is 0.659. The summed E-state index contributed by atoms with van der Waals surface area (Å²) in [6, 6.07) is 5.00. The quantitative estimate of drug-likeness (QED) is 0.639. The van der Waals surface area contributed by atoms with Crippen LogP contribution in [0.2, 0.25) is 0 Å². The van der Waals surface area contributed by atoms with E-state index in [-0.39, 0.29) is 5.78 Å². The number of benzene rings is 1. The molecule has 0 fully saturated rings. The van der Waals surface area contributed by atoms with Gasteiger partial charge in [0.15, 0.2) is 5.78 Å². The van der Waals surface area contributed by atoms with E-state index in [9.17, 15) is 9.59 Å². The summed E-state index contributed by atoms with van der Waals surface area (Å²) in [5.74, 6) is -0.0769. The number of carbonyl (C=O) groups is 1. The molecule has 0 bridgehead atoms. The first kappa shape index (κ1) is 8.74. The number of rotatable bonds is 1. The highest BCUT2D eigenvalue weighted by Gasteiger charge is 2.12. The lowest BCUT2D eigenvalue weighted by molar-refractivity contribution is 0.101. The lowest BCUT2D eigenvalue weighted by Gasteiger charge is -1.98. The Balaban J connectivity index is 3.00. The van der Waals surface area contributed by atoms with Crippen molar-refractivity contribution in [1.29, 1.82) is 0 Å². The minimum atomic E-state index is -0.411. The van der Waals surface area contributed by atoms with E-state index in [4.69, 9.17) is 4.52 Å². The van der Waals surface area contributed by atoms with E-state index in [0.717, 1.165) is 0 Å². The topological polar surface area (TPSA) is 52.2 Å². The molecule has 4 nitrogen and oxygen atoms in total. The van der Waals surface area contributed by atoms with Crippen molar-refractivity contribution in [3.63, 3.8) is 0 Å². The fraction of sp³-hybridized carbons (Fsp3) is 0.200. The zero-order chi connectivity index (χ0) is 10.3. The molecule has 1 heterocycles. The summed E-state index contributed by atoms with van der Waals surface area (Å²) in [7, 11) is 1.61. The van der Waals surface area contributed by atoms with Crippen molar-refractivity contribution in [3.8, 4) is 0 Å². The average Bonchev–Trinajstić information content (AvgIpc) is 2.43. The first-order chi connectivity index (χ1) is 6.61. The number of aryl methyl sites for hydroxylation is 1. The number of hydrogen-bond acceptors (Lipinski definition) is 3. The molecule has 0 aliphatic carbocycles. The van der Waals surface area contributed by atoms with Gasteiger partial charge in [0.1, 0.15) is 5.52 Å². The van der Waals surface area contributed by atoms with Crippen LogP contribution in [-0.2, 0) is 7.05 Å². The number of ketones is 1. The van der Waals surface area contributed by atoms with E-state index < -0.39 is 5.63 Å². The molecular formula is C10H9NO3. The highest BCUT2D eigenvalue weighted by molar-refractivity contribution is 6.05. The lowest BCUT2D eigenvalue weighted by atomic mass is 10.1. The van der Waals surface area contributed by atoms with Crippen LogP contribution in [0.15, 0.2) is 27.5 Å². The number of aromatic nitrogens is 1. The van der Waals surface area contributed by atoms with Crippen molar-refractivity contribution < 1.29 is 9.32 Å². The molecule has 14 heavy (non-hydrogen) atoms. The number of fused-ring (bicyclic) bond motifs is 1. The van der Waals surface area contributed by atoms with E-state index >= 15 is 0 Å². The highest BCUT2D eigenvalue weighted by Crippen LogP contribution is 2.16. The van der Waals surface area contributed by atoms with Gasteiger partial charge in [0.25, 0.3) is 0 Å². The average molecular weight is 191 g/mol. The summed E-state index contributed by atoms with van der Waals surface area (Å²) in [6.07, 6.45) is 0. The van der Waals surface area contributed by atoms with Gasteiger partial charge in [0.05, 0.1) is 5.39 Å². The van der Waals surface area contributed by atoms with Crippen LogP contribution in [0.5, 0.6) is 0 Å². The minimum absolute atomic E-state index is 0.0769. The van der Waals surface area contributed by atoms with Crippen LogP contribution in [0.4, 0.5) is 0 Å². The van der Waals surface area contributed by atoms with Crippen LogP contribution in [0.3, 0.4) is 0 Å². The van der Waals surface area contributed by atoms with Gasteiger partial charge in [-0.05, 0) is 19.1 Å². The molecule has 1 aromatic heterocycles. The van der Waals surface area contributed by atoms with Crippen molar-refractivity contribution in [2.45, 2.75) is 6.92 Å². The first-order valence-electron chi connectivity index (χ1n) is 4.21. The van der Waals surface area contributed by atoms with E-state index in [1.54, 1.807) is 25.2 Å². The van der Waals surface area contributed by atoms with Crippen molar-refractivity contribution in [2.24, 2.45) is 7.05 Å². The van der Waals surface area contributed by atoms with Gasteiger partial charge in [0.2, 0.25) is 0 Å². The maximum Gasteiger partial charge on any atom is 0.365 e. The molecule has 1 aromatic carbocycles. The van der Waals surface area contributed by atoms with Gasteiger partial charge >= 0.3 is 5.63 Å². The smallest absolute Gasteiger partial charge is 0.335 e. The third-order valence-electron chi connectivity index (χ3n) is 2.17. The van der Waals surface area contributed by atoms with Crippen LogP contribution in [0, 0.1) is 0 Å². The normalized spacial score (nSPS) is 10.7. The van der Waals surface area contributed by atoms with E-state index in [2.05, 4.69) is 0 Å². The Bertz CT molecular complexity index is 562. The molecule has 0 saturated carbocycles. The highest BCUT2D eigenvalue weighted by atomic mass is 16.5. The SMILES string of the molecule is CC(=O)c1cccc2c(=O)on(C)c12. The molecule has 0 spiro atoms. The predicted molar refractivity (Wildman–Crippen MR) is 51.5 cm³/mol. The van der Waals surface area contributed by atoms with E-state index in [1.165, 1.54) is 11.7 Å². The molecule has 0 aliphatic rings. The summed E-state index contributed by atoms with van der Waals surface area (Å²) >= 11 is 0. The molecule has 2 rings (SSSR count). The van der Waals surface area contributed by atoms with Crippen LogP contribution < -0.4 is 5.63 Å². The Morgan fingerprint density at radius 3 is 2.79 bits per heavy atom. The van der Waals surface area contributed by atoms with Gasteiger partial charge in [0, 0.05) is 12.6 Å². The molecule has 0 N–H and O–H groups in total. The Morgan fingerprint density at radius 1 is 1.43 bits per heavy atom. The minimum Gasteiger partial charge on any atom is -0.335 e. The van der Waals surface area contributed by atoms with E-state index in [1.807, 2.05) is 0 Å². The molecule has 0 radical (unpaired) electrons. The summed E-state index contributed by atoms with van der Waals surface area (Å²) < 4.78 is 6.19. The second-order valence-corrected chi connectivity index (χ2v) is 3.13. The molecule has 0 unspecified atom stereocenters. The van der Waals surface area contributed by atoms with Gasteiger partial charge in [-0.25, -0.2) is 9.53 Å². The zero-order valence-electron chi connectivity index (χ0n) is 7.90. The fourth-order valence-electron chi connectivity index (χ4n) is 1.55. The largest absolute Gasteiger partial charge is 0.365 e. The molecule has 0 amide bonds. The number of Topliss-reactive ketones (excluding diaryl/α,β-unsaturated/α-hetero) is 1. The van der Waals surface area contributed by atoms with Gasteiger partial charge < -0.3 is 4.52 Å². The standard InChI is InChI=1S/C10H9NO3/c1-6(12)7-4-3-5-8-9(7)11(2)14-10(8)13/h3-5H,1-2H3. The first-order valence-corrected chi connectivity index (χ1v) is 4.21. The molecule has 4 heteroatoms. The Hall–Kier alpha value is -1.84. The Labute approximate surface area is 79.7 Å². The van der Waals surface area contributed by atoms with E-state index in [0.29, 0.717) is 16.5 Å². The third kappa shape index (κ3) is 1.08. The van der Waals surface area contributed by atoms with Crippen molar-refractivity contribution in [3.05, 3.63) is 34.2 Å². The molecule has 0 aliphatic heterocycles. The van der Waals surface area contributed by atoms with Crippen molar-refractivity contribution in [1.82, 2.24) is 4.74 Å². The lowest BCUT2D eigenvalue weighted by Crippen LogP contribution is -1.97. The summed E-state index contributed by atoms with van der Waals surface area (Å²) in [5, 5.41) is 0.445. The summed E-state index contributed by atoms with van der Waals surface area (Å²) in [6.45, 7) is 1.46. The van der Waals surface area contributed by atoms with Crippen LogP contribution in [0.25, 0.3) is 10.9 Å². The van der Waals surface area contributed by atoms with Crippen LogP contribution in [0.1, 0.15) is 17.3 Å². The Kier molecular flexibility index (Phi) is 1.77. The van der Waals surface area contributed by atoms with Crippen molar-refractivity contribution >= 4 is 16.7 Å². The predicted octanol–water partition coefficient (Wildman–Crippen LogP) is 1.33. The fourth-order valence-corrected chi connectivity index (χ4v) is 1.55. The van der Waals surface area contributed by atoms with Gasteiger partial charge in [-0.15, -0.1) is 0 Å². The van der Waals surface area contributed by atoms with Gasteiger partial charge in [-0.3, -0.25) is 4.79 Å². The molecule has 0 atom stereocenters. The van der Waals surface area contributed by atoms with Gasteiger partial charge in [-0.1, -0.05) is 6.07 Å². The van der Waals surface area contributed by atoms with Gasteiger partial charge in [-0.2, -0.15) is 0 Å². The maximum absolute atomic E-state index is 11.3. The molecule has 2 aromatic rings. The molecule has 72 valence electrons. The molecular weight excluding hydrogens is 182 g/mol. The van der Waals surface area contributed by atoms with Crippen LogP contribution >= 0.6 is 0 Å². The number of carbonyl (C=O) groups excluding carboxylic acids is 1. The monoisotopic (exact) mass is 191 g/mol. The number of para-hydroxylation sites is 1. The van der Waals surface area contributed by atoms with Crippen molar-refractivity contribution in [2.75, 3.05) is 0 Å². The second-order valence-electron chi connectivity index (χ2n) is 3.13. The number of hydrogen-bond donors (Lipinski definition) is 0. The Morgan fingerprint density at radius 2 is 2.14 bits per heavy atom. The zero-order valence-corrected chi connectivity index (χ0v) is 7.90. The molecule has 0 saturated heterocycles. The maximum atomic E-state index is 11.3. The van der Waals surface area contributed by atoms with Crippen LogP contribution in [-0.4, -0.2) is 10.5 Å².